The normalized spacial score (nSPS) is 13.0. The van der Waals surface area contributed by atoms with Crippen molar-refractivity contribution >= 4 is 40.3 Å². The summed E-state index contributed by atoms with van der Waals surface area (Å²) in [7, 11) is 0. The first kappa shape index (κ1) is 22.9. The Morgan fingerprint density at radius 1 is 1.08 bits per heavy atom. The van der Waals surface area contributed by atoms with Gasteiger partial charge in [0.2, 0.25) is 5.91 Å². The van der Waals surface area contributed by atoms with E-state index in [1.165, 1.54) is 29.4 Å². The Morgan fingerprint density at radius 2 is 2.00 bits per heavy atom. The van der Waals surface area contributed by atoms with Crippen molar-refractivity contribution in [3.05, 3.63) is 83.7 Å². The van der Waals surface area contributed by atoms with Gasteiger partial charge in [0.25, 0.3) is 0 Å². The van der Waals surface area contributed by atoms with Crippen molar-refractivity contribution in [1.82, 2.24) is 34.6 Å². The summed E-state index contributed by atoms with van der Waals surface area (Å²) in [4.78, 5) is 21.6. The van der Waals surface area contributed by atoms with Crippen molar-refractivity contribution in [1.29, 1.82) is 0 Å². The number of anilines is 3. The molecule has 5 aromatic rings. The molecule has 6 rings (SSSR count). The van der Waals surface area contributed by atoms with Crippen molar-refractivity contribution in [3.8, 4) is 5.69 Å². The van der Waals surface area contributed by atoms with Gasteiger partial charge in [-0.15, -0.1) is 5.10 Å². The number of nitrogens with one attached hydrogen (secondary N) is 3. The largest absolute Gasteiger partial charge is 0.379 e. The lowest BCUT2D eigenvalue weighted by Gasteiger charge is -2.12. The summed E-state index contributed by atoms with van der Waals surface area (Å²) in [6.45, 7) is 0.549. The molecule has 0 unspecified atom stereocenters. The number of aromatic nitrogens is 7. The molecule has 1 aliphatic rings. The molecule has 1 aromatic carbocycles. The fraction of sp³-hybridized carbons (Fsp3) is 0.200. The van der Waals surface area contributed by atoms with Crippen molar-refractivity contribution in [2.45, 2.75) is 25.3 Å². The summed E-state index contributed by atoms with van der Waals surface area (Å²) in [6.07, 6.45) is 9.87. The van der Waals surface area contributed by atoms with E-state index in [1.807, 2.05) is 12.3 Å². The molecule has 1 saturated carbocycles. The van der Waals surface area contributed by atoms with Crippen LogP contribution < -0.4 is 16.0 Å². The molecule has 186 valence electrons. The van der Waals surface area contributed by atoms with Crippen LogP contribution in [0.3, 0.4) is 0 Å². The Balaban J connectivity index is 1.06. The number of nitrogens with zero attached hydrogens (tertiary/aromatic N) is 7. The molecule has 1 amide bonds. The molecule has 0 spiro atoms. The van der Waals surface area contributed by atoms with E-state index >= 15 is 0 Å². The molecule has 3 N–H and O–H groups in total. The maximum Gasteiger partial charge on any atom is 0.244 e. The van der Waals surface area contributed by atoms with Crippen molar-refractivity contribution < 1.29 is 4.79 Å². The fourth-order valence-corrected chi connectivity index (χ4v) is 4.26. The van der Waals surface area contributed by atoms with Gasteiger partial charge in [-0.05, 0) is 65.1 Å². The monoisotopic (exact) mass is 514 g/mol. The first-order chi connectivity index (χ1) is 18.1. The molecule has 0 radical (unpaired) electrons. The van der Waals surface area contributed by atoms with Crippen molar-refractivity contribution in [2.75, 3.05) is 22.5 Å². The molecule has 4 heterocycles. The second-order valence-electron chi connectivity index (χ2n) is 8.84. The van der Waals surface area contributed by atoms with E-state index in [0.717, 1.165) is 17.0 Å². The Labute approximate surface area is 216 Å². The number of amides is 1. The maximum absolute atomic E-state index is 12.6. The summed E-state index contributed by atoms with van der Waals surface area (Å²) < 4.78 is 3.57. The maximum atomic E-state index is 12.6. The van der Waals surface area contributed by atoms with Crippen LogP contribution in [-0.4, -0.2) is 47.0 Å². The quantitative estimate of drug-likeness (QED) is 0.270. The number of carbonyl (C=O) groups is 1. The van der Waals surface area contributed by atoms with Crippen LogP contribution in [0.25, 0.3) is 11.3 Å². The zero-order valence-corrected chi connectivity index (χ0v) is 20.4. The van der Waals surface area contributed by atoms with E-state index in [2.05, 4.69) is 64.2 Å². The highest BCUT2D eigenvalue weighted by Gasteiger charge is 2.23. The van der Waals surface area contributed by atoms with Crippen LogP contribution in [0.5, 0.6) is 0 Å². The van der Waals surface area contributed by atoms with E-state index < -0.39 is 0 Å². The molecule has 1 fully saturated rings. The smallest absolute Gasteiger partial charge is 0.244 e. The van der Waals surface area contributed by atoms with Crippen LogP contribution in [0, 0.1) is 0 Å². The highest BCUT2D eigenvalue weighted by molar-refractivity contribution is 6.31. The number of hydrogen-bond donors (Lipinski definition) is 3. The highest BCUT2D eigenvalue weighted by atomic mass is 35.5. The first-order valence-corrected chi connectivity index (χ1v) is 12.2. The van der Waals surface area contributed by atoms with Gasteiger partial charge in [0.1, 0.15) is 17.8 Å². The molecule has 0 bridgehead atoms. The lowest BCUT2D eigenvalue weighted by molar-refractivity contribution is -0.114. The van der Waals surface area contributed by atoms with Crippen LogP contribution in [0.2, 0.25) is 5.02 Å². The van der Waals surface area contributed by atoms with E-state index in [0.29, 0.717) is 34.7 Å². The van der Waals surface area contributed by atoms with Crippen molar-refractivity contribution in [3.63, 3.8) is 0 Å². The summed E-state index contributed by atoms with van der Waals surface area (Å²) in [5.41, 5.74) is 5.34. The zero-order chi connectivity index (χ0) is 25.2. The van der Waals surface area contributed by atoms with Crippen molar-refractivity contribution in [2.24, 2.45) is 0 Å². The Morgan fingerprint density at radius 3 is 2.84 bits per heavy atom. The standard InChI is InChI=1S/C25H23ClN10O/c26-18-4-5-22(36-15-30-33-34-36)21(9-18)29-12-25(37)32-23-10-19(7-8-27-23)28-11-20-14-35-13-17(16-1-2-16)3-6-24(35)31-20/h3-10,13-16,29H,1-2,11-12H2,(H2,27,28,32,37). The van der Waals surface area contributed by atoms with Gasteiger partial charge >= 0.3 is 0 Å². The number of rotatable bonds is 9. The minimum absolute atomic E-state index is 0.00109. The molecule has 0 aliphatic heterocycles. The lowest BCUT2D eigenvalue weighted by Crippen LogP contribution is -2.23. The van der Waals surface area contributed by atoms with E-state index in [4.69, 9.17) is 11.6 Å². The van der Waals surface area contributed by atoms with Gasteiger partial charge in [-0.3, -0.25) is 4.79 Å². The van der Waals surface area contributed by atoms with Gasteiger partial charge in [0, 0.05) is 35.4 Å². The number of fused-ring (bicyclic) bond motifs is 1. The number of halogens is 1. The van der Waals surface area contributed by atoms with E-state index in [1.54, 1.807) is 30.5 Å². The van der Waals surface area contributed by atoms with Crippen LogP contribution in [0.4, 0.5) is 17.2 Å². The van der Waals surface area contributed by atoms with Crippen LogP contribution in [0.1, 0.15) is 30.0 Å². The third-order valence-corrected chi connectivity index (χ3v) is 6.30. The highest BCUT2D eigenvalue weighted by Crippen LogP contribution is 2.39. The Bertz CT molecular complexity index is 1560. The minimum Gasteiger partial charge on any atom is -0.379 e. The summed E-state index contributed by atoms with van der Waals surface area (Å²) >= 11 is 6.14. The number of pyridine rings is 2. The molecule has 0 atom stereocenters. The molecule has 4 aromatic heterocycles. The van der Waals surface area contributed by atoms with E-state index in [-0.39, 0.29) is 12.5 Å². The van der Waals surface area contributed by atoms with Gasteiger partial charge < -0.3 is 20.4 Å². The summed E-state index contributed by atoms with van der Waals surface area (Å²) in [5.74, 6) is 0.874. The second kappa shape index (κ2) is 9.86. The zero-order valence-electron chi connectivity index (χ0n) is 19.7. The number of tetrazole rings is 1. The molecule has 1 aliphatic carbocycles. The number of imidazole rings is 1. The SMILES string of the molecule is O=C(CNc1cc(Cl)ccc1-n1cnnn1)Nc1cc(NCc2cn3cc(C4CC4)ccc3n2)ccn1. The number of hydrogen-bond acceptors (Lipinski definition) is 8. The Hall–Kier alpha value is -4.51. The van der Waals surface area contributed by atoms with Crippen LogP contribution in [-0.2, 0) is 11.3 Å². The lowest BCUT2D eigenvalue weighted by atomic mass is 10.2. The number of benzene rings is 1. The summed E-state index contributed by atoms with van der Waals surface area (Å²) in [5, 5.41) is 21.0. The average molecular weight is 515 g/mol. The topological polar surface area (TPSA) is 127 Å². The van der Waals surface area contributed by atoms with E-state index in [9.17, 15) is 4.79 Å². The minimum atomic E-state index is -0.265. The Kier molecular flexibility index (Phi) is 6.11. The third kappa shape index (κ3) is 5.36. The molecule has 37 heavy (non-hydrogen) atoms. The molecule has 12 heteroatoms. The molecule has 0 saturated heterocycles. The van der Waals surface area contributed by atoms with Gasteiger partial charge in [0.05, 0.1) is 30.2 Å². The summed E-state index contributed by atoms with van der Waals surface area (Å²) in [6, 6.07) is 13.1. The molecular formula is C25H23ClN10O. The van der Waals surface area contributed by atoms with Crippen LogP contribution in [0.15, 0.2) is 67.4 Å². The van der Waals surface area contributed by atoms with Gasteiger partial charge in [-0.1, -0.05) is 17.7 Å². The van der Waals surface area contributed by atoms with Gasteiger partial charge in [-0.2, -0.15) is 4.68 Å². The average Bonchev–Trinajstić information content (AvgIpc) is 3.44. The first-order valence-electron chi connectivity index (χ1n) is 11.8. The van der Waals surface area contributed by atoms with Gasteiger partial charge in [-0.25, -0.2) is 9.97 Å². The molecular weight excluding hydrogens is 492 g/mol. The third-order valence-electron chi connectivity index (χ3n) is 6.07. The predicted octanol–water partition coefficient (Wildman–Crippen LogP) is 3.90. The molecule has 11 nitrogen and oxygen atoms in total. The van der Waals surface area contributed by atoms with Crippen LogP contribution >= 0.6 is 11.6 Å². The fourth-order valence-electron chi connectivity index (χ4n) is 4.09. The second-order valence-corrected chi connectivity index (χ2v) is 9.27. The number of carbonyl (C=O) groups excluding carboxylic acids is 1. The van der Waals surface area contributed by atoms with Gasteiger partial charge in [0.15, 0.2) is 0 Å². The predicted molar refractivity (Wildman–Crippen MR) is 140 cm³/mol.